The smallest absolute Gasteiger partial charge is 0.226 e. The molecule has 2 aromatic rings. The lowest BCUT2D eigenvalue weighted by molar-refractivity contribution is -0.125. The summed E-state index contributed by atoms with van der Waals surface area (Å²) >= 11 is 0. The molecule has 0 aliphatic carbocycles. The van der Waals surface area contributed by atoms with Crippen molar-refractivity contribution in [2.45, 2.75) is 19.5 Å². The second-order valence-electron chi connectivity index (χ2n) is 5.60. The van der Waals surface area contributed by atoms with E-state index in [-0.39, 0.29) is 17.9 Å². The van der Waals surface area contributed by atoms with Gasteiger partial charge in [0.05, 0.1) is 12.0 Å². The minimum absolute atomic E-state index is 0.00574. The summed E-state index contributed by atoms with van der Waals surface area (Å²) in [7, 11) is 0. The van der Waals surface area contributed by atoms with Gasteiger partial charge in [0.15, 0.2) is 0 Å². The average Bonchev–Trinajstić information content (AvgIpc) is 3.03. The van der Waals surface area contributed by atoms with Gasteiger partial charge in [0.1, 0.15) is 0 Å². The number of amides is 1. The molecule has 114 valence electrons. The summed E-state index contributed by atoms with van der Waals surface area (Å²) in [6.07, 6.45) is 3.49. The molecule has 2 unspecified atom stereocenters. The zero-order valence-electron chi connectivity index (χ0n) is 12.5. The van der Waals surface area contributed by atoms with Gasteiger partial charge >= 0.3 is 0 Å². The van der Waals surface area contributed by atoms with E-state index >= 15 is 0 Å². The van der Waals surface area contributed by atoms with E-state index in [4.69, 9.17) is 0 Å². The van der Waals surface area contributed by atoms with E-state index < -0.39 is 0 Å². The quantitative estimate of drug-likeness (QED) is 0.799. The Morgan fingerprint density at radius 1 is 1.36 bits per heavy atom. The SMILES string of the molecule is Cc1cccc(C2NNCC2C(=O)NCc2cccnc2)c1. The standard InChI is InChI=1S/C17H20N4O/c1-12-4-2-6-14(8-12)16-15(11-20-21-16)17(22)19-10-13-5-3-7-18-9-13/h2-9,15-16,20-21H,10-11H2,1H3,(H,19,22). The van der Waals surface area contributed by atoms with Crippen LogP contribution in [-0.4, -0.2) is 17.4 Å². The van der Waals surface area contributed by atoms with E-state index in [9.17, 15) is 4.79 Å². The summed E-state index contributed by atoms with van der Waals surface area (Å²) in [6, 6.07) is 12.1. The van der Waals surface area contributed by atoms with E-state index in [0.717, 1.165) is 11.1 Å². The van der Waals surface area contributed by atoms with Crippen LogP contribution in [0.2, 0.25) is 0 Å². The first-order chi connectivity index (χ1) is 10.7. The minimum atomic E-state index is -0.126. The first-order valence-corrected chi connectivity index (χ1v) is 7.45. The van der Waals surface area contributed by atoms with E-state index in [1.165, 1.54) is 5.56 Å². The molecule has 5 heteroatoms. The molecule has 1 amide bonds. The largest absolute Gasteiger partial charge is 0.352 e. The maximum absolute atomic E-state index is 12.5. The molecule has 0 saturated carbocycles. The predicted molar refractivity (Wildman–Crippen MR) is 84.6 cm³/mol. The second kappa shape index (κ2) is 6.68. The van der Waals surface area contributed by atoms with Crippen molar-refractivity contribution >= 4 is 5.91 Å². The number of carbonyl (C=O) groups is 1. The van der Waals surface area contributed by atoms with Crippen LogP contribution in [0.15, 0.2) is 48.8 Å². The highest BCUT2D eigenvalue weighted by Gasteiger charge is 2.33. The van der Waals surface area contributed by atoms with Gasteiger partial charge in [-0.25, -0.2) is 5.43 Å². The molecule has 2 heterocycles. The Bertz CT molecular complexity index is 644. The van der Waals surface area contributed by atoms with Crippen LogP contribution >= 0.6 is 0 Å². The van der Waals surface area contributed by atoms with Gasteiger partial charge in [-0.2, -0.15) is 0 Å². The molecule has 5 nitrogen and oxygen atoms in total. The van der Waals surface area contributed by atoms with Gasteiger partial charge in [-0.1, -0.05) is 35.9 Å². The number of hydrogen-bond donors (Lipinski definition) is 3. The van der Waals surface area contributed by atoms with Crippen LogP contribution in [0.3, 0.4) is 0 Å². The van der Waals surface area contributed by atoms with Crippen LogP contribution < -0.4 is 16.2 Å². The molecule has 22 heavy (non-hydrogen) atoms. The van der Waals surface area contributed by atoms with Crippen LogP contribution in [0.4, 0.5) is 0 Å². The third-order valence-corrected chi connectivity index (χ3v) is 3.91. The molecule has 1 aliphatic rings. The van der Waals surface area contributed by atoms with Crippen LogP contribution in [0, 0.1) is 12.8 Å². The maximum atomic E-state index is 12.5. The molecule has 0 bridgehead atoms. The molecule has 3 rings (SSSR count). The van der Waals surface area contributed by atoms with E-state index in [1.807, 2.05) is 18.2 Å². The molecule has 2 atom stereocenters. The number of aryl methyl sites for hydroxylation is 1. The Kier molecular flexibility index (Phi) is 4.46. The van der Waals surface area contributed by atoms with Crippen LogP contribution in [0.5, 0.6) is 0 Å². The van der Waals surface area contributed by atoms with Crippen molar-refractivity contribution in [1.29, 1.82) is 0 Å². The molecule has 0 spiro atoms. The fourth-order valence-electron chi connectivity index (χ4n) is 2.74. The average molecular weight is 296 g/mol. The molecule has 1 aromatic heterocycles. The number of rotatable bonds is 4. The zero-order valence-corrected chi connectivity index (χ0v) is 12.5. The second-order valence-corrected chi connectivity index (χ2v) is 5.60. The maximum Gasteiger partial charge on any atom is 0.226 e. The molecule has 0 radical (unpaired) electrons. The first kappa shape index (κ1) is 14.7. The number of benzene rings is 1. The Morgan fingerprint density at radius 3 is 3.05 bits per heavy atom. The fourth-order valence-corrected chi connectivity index (χ4v) is 2.74. The van der Waals surface area contributed by atoms with Gasteiger partial charge in [-0.05, 0) is 24.1 Å². The molecule has 3 N–H and O–H groups in total. The number of pyridine rings is 1. The van der Waals surface area contributed by atoms with E-state index in [1.54, 1.807) is 12.4 Å². The van der Waals surface area contributed by atoms with Crippen LogP contribution in [-0.2, 0) is 11.3 Å². The highest BCUT2D eigenvalue weighted by atomic mass is 16.2. The van der Waals surface area contributed by atoms with Crippen molar-refractivity contribution in [1.82, 2.24) is 21.2 Å². The van der Waals surface area contributed by atoms with Gasteiger partial charge in [-0.3, -0.25) is 15.2 Å². The Morgan fingerprint density at radius 2 is 2.27 bits per heavy atom. The Balaban J connectivity index is 1.66. The third kappa shape index (κ3) is 3.32. The van der Waals surface area contributed by atoms with Gasteiger partial charge in [0, 0.05) is 25.5 Å². The van der Waals surface area contributed by atoms with Crippen molar-refractivity contribution in [3.63, 3.8) is 0 Å². The van der Waals surface area contributed by atoms with Gasteiger partial charge < -0.3 is 5.32 Å². The van der Waals surface area contributed by atoms with Gasteiger partial charge in [-0.15, -0.1) is 0 Å². The predicted octanol–water partition coefficient (Wildman–Crippen LogP) is 1.47. The van der Waals surface area contributed by atoms with Crippen LogP contribution in [0.25, 0.3) is 0 Å². The number of nitrogens with one attached hydrogen (secondary N) is 3. The number of carbonyl (C=O) groups excluding carboxylic acids is 1. The van der Waals surface area contributed by atoms with Crippen molar-refractivity contribution in [3.8, 4) is 0 Å². The lowest BCUT2D eigenvalue weighted by Gasteiger charge is -2.19. The third-order valence-electron chi connectivity index (χ3n) is 3.91. The first-order valence-electron chi connectivity index (χ1n) is 7.45. The zero-order chi connectivity index (χ0) is 15.4. The lowest BCUT2D eigenvalue weighted by atomic mass is 9.93. The highest BCUT2D eigenvalue weighted by Crippen LogP contribution is 2.25. The minimum Gasteiger partial charge on any atom is -0.352 e. The van der Waals surface area contributed by atoms with Crippen LogP contribution in [0.1, 0.15) is 22.7 Å². The summed E-state index contributed by atoms with van der Waals surface area (Å²) in [6.45, 7) is 3.19. The molecular weight excluding hydrogens is 276 g/mol. The highest BCUT2D eigenvalue weighted by molar-refractivity contribution is 5.80. The summed E-state index contributed by atoms with van der Waals surface area (Å²) in [5.41, 5.74) is 9.63. The molecular formula is C17H20N4O. The Labute approximate surface area is 130 Å². The fraction of sp³-hybridized carbons (Fsp3) is 0.294. The summed E-state index contributed by atoms with van der Waals surface area (Å²) < 4.78 is 0. The van der Waals surface area contributed by atoms with Crippen molar-refractivity contribution in [2.24, 2.45) is 5.92 Å². The normalized spacial score (nSPS) is 20.8. The van der Waals surface area contributed by atoms with Crippen molar-refractivity contribution < 1.29 is 4.79 Å². The van der Waals surface area contributed by atoms with Gasteiger partial charge in [0.25, 0.3) is 0 Å². The molecule has 1 aromatic carbocycles. The molecule has 1 fully saturated rings. The molecule has 1 saturated heterocycles. The molecule has 1 aliphatic heterocycles. The number of aromatic nitrogens is 1. The Hall–Kier alpha value is -2.24. The van der Waals surface area contributed by atoms with Gasteiger partial charge in [0.2, 0.25) is 5.91 Å². The summed E-state index contributed by atoms with van der Waals surface area (Å²) in [5.74, 6) is -0.0775. The summed E-state index contributed by atoms with van der Waals surface area (Å²) in [5, 5.41) is 3.00. The number of hydrazine groups is 1. The lowest BCUT2D eigenvalue weighted by Crippen LogP contribution is -2.34. The topological polar surface area (TPSA) is 66.0 Å². The van der Waals surface area contributed by atoms with E-state index in [2.05, 4.69) is 46.3 Å². The van der Waals surface area contributed by atoms with E-state index in [0.29, 0.717) is 13.1 Å². The number of nitrogens with zero attached hydrogens (tertiary/aromatic N) is 1. The monoisotopic (exact) mass is 296 g/mol. The number of hydrogen-bond acceptors (Lipinski definition) is 4. The van der Waals surface area contributed by atoms with Crippen molar-refractivity contribution in [2.75, 3.05) is 6.54 Å². The summed E-state index contributed by atoms with van der Waals surface area (Å²) in [4.78, 5) is 16.5. The van der Waals surface area contributed by atoms with Crippen molar-refractivity contribution in [3.05, 3.63) is 65.5 Å².